The van der Waals surface area contributed by atoms with Gasteiger partial charge in [-0.05, 0) is 18.2 Å². The number of aromatic nitrogens is 2. The van der Waals surface area contributed by atoms with E-state index in [1.165, 1.54) is 0 Å². The zero-order valence-corrected chi connectivity index (χ0v) is 9.42. The van der Waals surface area contributed by atoms with Crippen LogP contribution in [0.4, 0.5) is 0 Å². The van der Waals surface area contributed by atoms with Crippen LogP contribution in [0.25, 0.3) is 5.69 Å². The zero-order valence-electron chi connectivity index (χ0n) is 9.42. The lowest BCUT2D eigenvalue weighted by Crippen LogP contribution is -2.09. The SMILES string of the molecule is CC(C)C(=O)c1ccn(-c2ccccc2)n1. The fourth-order valence-electron chi connectivity index (χ4n) is 1.48. The first-order chi connectivity index (χ1) is 7.68. The van der Waals surface area contributed by atoms with Crippen molar-refractivity contribution in [3.05, 3.63) is 48.3 Å². The molecule has 2 aromatic rings. The molecule has 0 bridgehead atoms. The van der Waals surface area contributed by atoms with E-state index in [0.717, 1.165) is 5.69 Å². The Morgan fingerprint density at radius 2 is 1.88 bits per heavy atom. The summed E-state index contributed by atoms with van der Waals surface area (Å²) in [6, 6.07) is 11.5. The molecule has 0 saturated carbocycles. The minimum atomic E-state index is -0.0147. The summed E-state index contributed by atoms with van der Waals surface area (Å²) in [6.45, 7) is 3.76. The number of hydrogen-bond acceptors (Lipinski definition) is 2. The highest BCUT2D eigenvalue weighted by Crippen LogP contribution is 2.10. The Morgan fingerprint density at radius 1 is 1.19 bits per heavy atom. The van der Waals surface area contributed by atoms with E-state index in [2.05, 4.69) is 5.10 Å². The van der Waals surface area contributed by atoms with Crippen LogP contribution >= 0.6 is 0 Å². The fourth-order valence-corrected chi connectivity index (χ4v) is 1.48. The van der Waals surface area contributed by atoms with E-state index in [-0.39, 0.29) is 11.7 Å². The maximum absolute atomic E-state index is 11.7. The van der Waals surface area contributed by atoms with Crippen LogP contribution in [0.5, 0.6) is 0 Å². The van der Waals surface area contributed by atoms with Gasteiger partial charge in [0.15, 0.2) is 5.78 Å². The molecule has 0 unspecified atom stereocenters. The molecule has 3 heteroatoms. The minimum Gasteiger partial charge on any atom is -0.292 e. The normalized spacial score (nSPS) is 10.7. The number of benzene rings is 1. The lowest BCUT2D eigenvalue weighted by Gasteiger charge is -2.01. The summed E-state index contributed by atoms with van der Waals surface area (Å²) in [7, 11) is 0. The molecular formula is C13H14N2O. The van der Waals surface area contributed by atoms with Crippen molar-refractivity contribution in [3.8, 4) is 5.69 Å². The maximum atomic E-state index is 11.7. The molecule has 0 saturated heterocycles. The summed E-state index contributed by atoms with van der Waals surface area (Å²) < 4.78 is 1.72. The number of rotatable bonds is 3. The van der Waals surface area contributed by atoms with Gasteiger partial charge in [0.1, 0.15) is 5.69 Å². The number of hydrogen-bond donors (Lipinski definition) is 0. The number of nitrogens with zero attached hydrogens (tertiary/aromatic N) is 2. The quantitative estimate of drug-likeness (QED) is 0.736. The molecule has 82 valence electrons. The van der Waals surface area contributed by atoms with Crippen molar-refractivity contribution in [2.75, 3.05) is 0 Å². The minimum absolute atomic E-state index is 0.0147. The molecule has 0 aliphatic carbocycles. The van der Waals surface area contributed by atoms with E-state index in [1.54, 1.807) is 10.7 Å². The zero-order chi connectivity index (χ0) is 11.5. The van der Waals surface area contributed by atoms with Gasteiger partial charge in [0.05, 0.1) is 5.69 Å². The van der Waals surface area contributed by atoms with Crippen molar-refractivity contribution in [2.45, 2.75) is 13.8 Å². The van der Waals surface area contributed by atoms with Gasteiger partial charge in [0.2, 0.25) is 0 Å². The maximum Gasteiger partial charge on any atom is 0.185 e. The molecule has 1 heterocycles. The Hall–Kier alpha value is -1.90. The molecule has 0 atom stereocenters. The lowest BCUT2D eigenvalue weighted by atomic mass is 10.1. The molecule has 0 fully saturated rings. The first kappa shape index (κ1) is 10.6. The summed E-state index contributed by atoms with van der Waals surface area (Å²) in [5.74, 6) is 0.0637. The Balaban J connectivity index is 2.30. The molecule has 16 heavy (non-hydrogen) atoms. The topological polar surface area (TPSA) is 34.9 Å². The number of para-hydroxylation sites is 1. The molecule has 0 aliphatic rings. The van der Waals surface area contributed by atoms with Gasteiger partial charge in [-0.15, -0.1) is 0 Å². The Kier molecular flexibility index (Phi) is 2.86. The summed E-state index contributed by atoms with van der Waals surface area (Å²) in [4.78, 5) is 11.7. The predicted octanol–water partition coefficient (Wildman–Crippen LogP) is 2.71. The van der Waals surface area contributed by atoms with Gasteiger partial charge in [0, 0.05) is 12.1 Å². The van der Waals surface area contributed by atoms with Crippen molar-refractivity contribution in [1.29, 1.82) is 0 Å². The number of carbonyl (C=O) groups is 1. The average Bonchev–Trinajstić information content (AvgIpc) is 2.78. The smallest absolute Gasteiger partial charge is 0.185 e. The van der Waals surface area contributed by atoms with E-state index in [0.29, 0.717) is 5.69 Å². The van der Waals surface area contributed by atoms with Gasteiger partial charge in [-0.3, -0.25) is 4.79 Å². The van der Waals surface area contributed by atoms with Gasteiger partial charge in [-0.2, -0.15) is 5.10 Å². The van der Waals surface area contributed by atoms with Crippen LogP contribution in [0, 0.1) is 5.92 Å². The molecule has 1 aromatic carbocycles. The van der Waals surface area contributed by atoms with Crippen molar-refractivity contribution in [3.63, 3.8) is 0 Å². The molecular weight excluding hydrogens is 200 g/mol. The van der Waals surface area contributed by atoms with Gasteiger partial charge in [-0.25, -0.2) is 4.68 Å². The molecule has 3 nitrogen and oxygen atoms in total. The first-order valence-electron chi connectivity index (χ1n) is 5.34. The van der Waals surface area contributed by atoms with Crippen LogP contribution in [0.2, 0.25) is 0 Å². The average molecular weight is 214 g/mol. The van der Waals surface area contributed by atoms with Crippen LogP contribution in [-0.2, 0) is 0 Å². The van der Waals surface area contributed by atoms with E-state index < -0.39 is 0 Å². The molecule has 0 radical (unpaired) electrons. The van der Waals surface area contributed by atoms with Crippen LogP contribution in [-0.4, -0.2) is 15.6 Å². The van der Waals surface area contributed by atoms with Crippen LogP contribution < -0.4 is 0 Å². The Labute approximate surface area is 94.7 Å². The first-order valence-corrected chi connectivity index (χ1v) is 5.34. The van der Waals surface area contributed by atoms with E-state index in [1.807, 2.05) is 50.4 Å². The van der Waals surface area contributed by atoms with Crippen molar-refractivity contribution >= 4 is 5.78 Å². The van der Waals surface area contributed by atoms with E-state index >= 15 is 0 Å². The predicted molar refractivity (Wildman–Crippen MR) is 62.7 cm³/mol. The van der Waals surface area contributed by atoms with Crippen LogP contribution in [0.1, 0.15) is 24.3 Å². The second-order valence-corrected chi connectivity index (χ2v) is 4.00. The third-order valence-electron chi connectivity index (χ3n) is 2.39. The van der Waals surface area contributed by atoms with Crippen molar-refractivity contribution in [1.82, 2.24) is 9.78 Å². The highest BCUT2D eigenvalue weighted by molar-refractivity contribution is 5.95. The summed E-state index contributed by atoms with van der Waals surface area (Å²) in [6.07, 6.45) is 1.81. The molecule has 0 N–H and O–H groups in total. The van der Waals surface area contributed by atoms with Crippen molar-refractivity contribution in [2.24, 2.45) is 5.92 Å². The van der Waals surface area contributed by atoms with Gasteiger partial charge in [-0.1, -0.05) is 32.0 Å². The van der Waals surface area contributed by atoms with Gasteiger partial charge in [0.25, 0.3) is 0 Å². The Bertz CT molecular complexity index is 486. The number of carbonyl (C=O) groups excluding carboxylic acids is 1. The van der Waals surface area contributed by atoms with Crippen molar-refractivity contribution < 1.29 is 4.79 Å². The molecule has 0 aliphatic heterocycles. The van der Waals surface area contributed by atoms with Crippen LogP contribution in [0.15, 0.2) is 42.6 Å². The van der Waals surface area contributed by atoms with Gasteiger partial charge >= 0.3 is 0 Å². The number of ketones is 1. The highest BCUT2D eigenvalue weighted by atomic mass is 16.1. The summed E-state index contributed by atoms with van der Waals surface area (Å²) in [5.41, 5.74) is 1.49. The van der Waals surface area contributed by atoms with Crippen LogP contribution in [0.3, 0.4) is 0 Å². The third kappa shape index (κ3) is 2.03. The molecule has 0 amide bonds. The fraction of sp³-hybridized carbons (Fsp3) is 0.231. The number of Topliss-reactive ketones (excluding diaryl/α,β-unsaturated/α-hetero) is 1. The van der Waals surface area contributed by atoms with E-state index in [4.69, 9.17) is 0 Å². The summed E-state index contributed by atoms with van der Waals surface area (Å²) in [5, 5.41) is 4.27. The highest BCUT2D eigenvalue weighted by Gasteiger charge is 2.13. The van der Waals surface area contributed by atoms with E-state index in [9.17, 15) is 4.79 Å². The third-order valence-corrected chi connectivity index (χ3v) is 2.39. The lowest BCUT2D eigenvalue weighted by molar-refractivity contribution is 0.0934. The molecule has 2 rings (SSSR count). The standard InChI is InChI=1S/C13H14N2O/c1-10(2)13(16)12-8-9-15(14-12)11-6-4-3-5-7-11/h3-10H,1-2H3. The second-order valence-electron chi connectivity index (χ2n) is 4.00. The Morgan fingerprint density at radius 3 is 2.50 bits per heavy atom. The van der Waals surface area contributed by atoms with Gasteiger partial charge < -0.3 is 0 Å². The largest absolute Gasteiger partial charge is 0.292 e. The molecule has 0 spiro atoms. The molecule has 1 aromatic heterocycles. The summed E-state index contributed by atoms with van der Waals surface area (Å²) >= 11 is 0. The monoisotopic (exact) mass is 214 g/mol. The second kappa shape index (κ2) is 4.31.